The molecule has 0 aliphatic heterocycles. The first-order valence-electron chi connectivity index (χ1n) is 19.5. The summed E-state index contributed by atoms with van der Waals surface area (Å²) >= 11 is 0. The van der Waals surface area contributed by atoms with E-state index in [-0.39, 0.29) is 5.41 Å². The molecular formula is C55H41N. The maximum atomic E-state index is 2.50. The van der Waals surface area contributed by atoms with Crippen molar-refractivity contribution in [2.24, 2.45) is 0 Å². The Balaban J connectivity index is 1.24. The summed E-state index contributed by atoms with van der Waals surface area (Å²) in [6, 6.07) is 77.7. The molecule has 0 saturated carbocycles. The van der Waals surface area contributed by atoms with E-state index in [4.69, 9.17) is 0 Å². The lowest BCUT2D eigenvalue weighted by Crippen LogP contribution is -2.17. The van der Waals surface area contributed by atoms with E-state index < -0.39 is 0 Å². The van der Waals surface area contributed by atoms with Gasteiger partial charge in [-0.3, -0.25) is 0 Å². The van der Waals surface area contributed by atoms with Crippen LogP contribution in [0, 0.1) is 0 Å². The van der Waals surface area contributed by atoms with Crippen molar-refractivity contribution < 1.29 is 0 Å². The Morgan fingerprint density at radius 3 is 1.52 bits per heavy atom. The van der Waals surface area contributed by atoms with Crippen LogP contribution in [0.3, 0.4) is 0 Å². The maximum Gasteiger partial charge on any atom is 0.0540 e. The van der Waals surface area contributed by atoms with Gasteiger partial charge in [-0.15, -0.1) is 0 Å². The Kier molecular flexibility index (Phi) is 8.23. The van der Waals surface area contributed by atoms with Crippen LogP contribution in [-0.4, -0.2) is 0 Å². The first-order chi connectivity index (χ1) is 27.5. The summed E-state index contributed by atoms with van der Waals surface area (Å²) in [5.74, 6) is 0. The SMILES string of the molecule is CC1(C)c2cc(N(c3ccc(-c4ccccc4)cc3-c3ccccc3)c3ccccc3-c3ccccc3-c3ccccc3)ccc2-c2cc3ccccc3cc21. The molecule has 1 aliphatic carbocycles. The van der Waals surface area contributed by atoms with Gasteiger partial charge in [0, 0.05) is 22.2 Å². The minimum absolute atomic E-state index is 0.185. The number of hydrogen-bond acceptors (Lipinski definition) is 1. The average Bonchev–Trinajstić information content (AvgIpc) is 3.48. The Bertz CT molecular complexity index is 2870. The van der Waals surface area contributed by atoms with Crippen LogP contribution in [0.1, 0.15) is 25.0 Å². The molecule has 0 bridgehead atoms. The summed E-state index contributed by atoms with van der Waals surface area (Å²) in [6.07, 6.45) is 0. The number of rotatable bonds is 7. The molecule has 0 amide bonds. The Morgan fingerprint density at radius 2 is 0.821 bits per heavy atom. The van der Waals surface area contributed by atoms with Crippen LogP contribution < -0.4 is 4.90 Å². The maximum absolute atomic E-state index is 2.50. The van der Waals surface area contributed by atoms with Gasteiger partial charge >= 0.3 is 0 Å². The standard InChI is InChI=1S/C55H41N/c1-55(2)51-36-42-25-13-12-24-41(42)35-50(51)47-32-31-44(37-52(47)55)56(53-29-17-16-28-48(53)46-27-15-14-26-45(46)39-20-8-4-9-21-39)54-33-30-43(38-18-6-3-7-19-38)34-49(54)40-22-10-5-11-23-40/h3-37H,1-2H3. The fourth-order valence-corrected chi connectivity index (χ4v) is 8.83. The summed E-state index contributed by atoms with van der Waals surface area (Å²) in [6.45, 7) is 4.77. The summed E-state index contributed by atoms with van der Waals surface area (Å²) in [5, 5.41) is 2.56. The summed E-state index contributed by atoms with van der Waals surface area (Å²) in [7, 11) is 0. The van der Waals surface area contributed by atoms with Gasteiger partial charge in [0.1, 0.15) is 0 Å². The molecule has 0 saturated heterocycles. The zero-order valence-electron chi connectivity index (χ0n) is 31.7. The van der Waals surface area contributed by atoms with E-state index in [1.54, 1.807) is 0 Å². The van der Waals surface area contributed by atoms with Crippen molar-refractivity contribution in [1.82, 2.24) is 0 Å². The molecule has 1 aliphatic rings. The van der Waals surface area contributed by atoms with Gasteiger partial charge in [0.15, 0.2) is 0 Å². The van der Waals surface area contributed by atoms with Gasteiger partial charge in [-0.1, -0.05) is 184 Å². The minimum Gasteiger partial charge on any atom is -0.309 e. The lowest BCUT2D eigenvalue weighted by Gasteiger charge is -2.32. The quantitative estimate of drug-likeness (QED) is 0.159. The highest BCUT2D eigenvalue weighted by Crippen LogP contribution is 2.53. The number of para-hydroxylation sites is 1. The molecule has 0 radical (unpaired) electrons. The first kappa shape index (κ1) is 33.6. The van der Waals surface area contributed by atoms with Crippen molar-refractivity contribution in [2.75, 3.05) is 4.90 Å². The molecule has 1 nitrogen and oxygen atoms in total. The van der Waals surface area contributed by atoms with Gasteiger partial charge in [0.05, 0.1) is 11.4 Å². The topological polar surface area (TPSA) is 3.24 Å². The van der Waals surface area contributed by atoms with Crippen LogP contribution >= 0.6 is 0 Å². The van der Waals surface area contributed by atoms with Gasteiger partial charge < -0.3 is 4.90 Å². The molecule has 10 rings (SSSR count). The Hall–Kier alpha value is -6.96. The second-order valence-corrected chi connectivity index (χ2v) is 15.3. The van der Waals surface area contributed by atoms with Crippen molar-refractivity contribution in [3.05, 3.63) is 223 Å². The number of hydrogen-bond donors (Lipinski definition) is 0. The lowest BCUT2D eigenvalue weighted by molar-refractivity contribution is 0.661. The molecule has 1 heteroatoms. The van der Waals surface area contributed by atoms with Crippen molar-refractivity contribution >= 4 is 27.8 Å². The molecule has 9 aromatic carbocycles. The third-order valence-electron chi connectivity index (χ3n) is 11.7. The molecule has 0 unspecified atom stereocenters. The van der Waals surface area contributed by atoms with E-state index >= 15 is 0 Å². The van der Waals surface area contributed by atoms with Gasteiger partial charge in [0.2, 0.25) is 0 Å². The second kappa shape index (κ2) is 13.7. The normalized spacial score (nSPS) is 12.6. The molecule has 266 valence electrons. The highest BCUT2D eigenvalue weighted by molar-refractivity contribution is 5.99. The number of fused-ring (bicyclic) bond motifs is 4. The smallest absolute Gasteiger partial charge is 0.0540 e. The zero-order chi connectivity index (χ0) is 37.6. The Morgan fingerprint density at radius 1 is 0.304 bits per heavy atom. The average molecular weight is 716 g/mol. The minimum atomic E-state index is -0.185. The molecule has 56 heavy (non-hydrogen) atoms. The lowest BCUT2D eigenvalue weighted by atomic mass is 9.81. The van der Waals surface area contributed by atoms with E-state index in [9.17, 15) is 0 Å². The van der Waals surface area contributed by atoms with Crippen LogP contribution in [0.4, 0.5) is 17.1 Å². The van der Waals surface area contributed by atoms with E-state index in [2.05, 4.69) is 231 Å². The molecule has 0 heterocycles. The molecule has 0 aromatic heterocycles. The van der Waals surface area contributed by atoms with E-state index in [0.717, 1.165) is 17.1 Å². The summed E-state index contributed by atoms with van der Waals surface area (Å²) in [5.41, 5.74) is 18.1. The summed E-state index contributed by atoms with van der Waals surface area (Å²) in [4.78, 5) is 2.50. The highest BCUT2D eigenvalue weighted by atomic mass is 15.1. The number of benzene rings is 9. The van der Waals surface area contributed by atoms with Crippen molar-refractivity contribution in [2.45, 2.75) is 19.3 Å². The zero-order valence-corrected chi connectivity index (χ0v) is 31.7. The molecule has 9 aromatic rings. The third kappa shape index (κ3) is 5.72. The fourth-order valence-electron chi connectivity index (χ4n) is 8.83. The number of nitrogens with zero attached hydrogens (tertiary/aromatic N) is 1. The molecule has 0 N–H and O–H groups in total. The van der Waals surface area contributed by atoms with Gasteiger partial charge in [0.25, 0.3) is 0 Å². The predicted octanol–water partition coefficient (Wildman–Crippen LogP) is 15.3. The van der Waals surface area contributed by atoms with Crippen LogP contribution in [-0.2, 0) is 5.41 Å². The van der Waals surface area contributed by atoms with E-state index in [0.29, 0.717) is 0 Å². The van der Waals surface area contributed by atoms with Crippen LogP contribution in [0.2, 0.25) is 0 Å². The van der Waals surface area contributed by atoms with Crippen molar-refractivity contribution in [3.8, 4) is 55.6 Å². The van der Waals surface area contributed by atoms with Gasteiger partial charge in [-0.05, 0) is 109 Å². The summed E-state index contributed by atoms with van der Waals surface area (Å²) < 4.78 is 0. The molecular weight excluding hydrogens is 675 g/mol. The van der Waals surface area contributed by atoms with Gasteiger partial charge in [-0.2, -0.15) is 0 Å². The van der Waals surface area contributed by atoms with Crippen LogP contribution in [0.25, 0.3) is 66.4 Å². The predicted molar refractivity (Wildman–Crippen MR) is 238 cm³/mol. The molecule has 0 atom stereocenters. The fraction of sp³-hybridized carbons (Fsp3) is 0.0545. The van der Waals surface area contributed by atoms with E-state index in [1.807, 2.05) is 0 Å². The van der Waals surface area contributed by atoms with Crippen molar-refractivity contribution in [1.29, 1.82) is 0 Å². The molecule has 0 fully saturated rings. The Labute approximate surface area is 329 Å². The van der Waals surface area contributed by atoms with Crippen molar-refractivity contribution in [3.63, 3.8) is 0 Å². The first-order valence-corrected chi connectivity index (χ1v) is 19.5. The second-order valence-electron chi connectivity index (χ2n) is 15.3. The largest absolute Gasteiger partial charge is 0.309 e. The van der Waals surface area contributed by atoms with Gasteiger partial charge in [-0.25, -0.2) is 0 Å². The monoisotopic (exact) mass is 715 g/mol. The van der Waals surface area contributed by atoms with Crippen LogP contribution in [0.15, 0.2) is 212 Å². The third-order valence-corrected chi connectivity index (χ3v) is 11.7. The highest BCUT2D eigenvalue weighted by Gasteiger charge is 2.36. The van der Waals surface area contributed by atoms with E-state index in [1.165, 1.54) is 77.5 Å². The molecule has 0 spiro atoms. The van der Waals surface area contributed by atoms with Crippen LogP contribution in [0.5, 0.6) is 0 Å². The number of anilines is 3.